The average molecular weight is 192 g/mol. The molecule has 0 aromatic heterocycles. The first kappa shape index (κ1) is 12.1. The Bertz CT molecular complexity index is 70.7. The molecule has 0 amide bonds. The van der Waals surface area contributed by atoms with Crippen molar-refractivity contribution in [1.29, 1.82) is 0 Å². The summed E-state index contributed by atoms with van der Waals surface area (Å²) >= 11 is 0. The van der Waals surface area contributed by atoms with Gasteiger partial charge in [-0.2, -0.15) is 0 Å². The van der Waals surface area contributed by atoms with Crippen LogP contribution in [-0.2, 0) is 13.9 Å². The lowest BCUT2D eigenvalue weighted by Gasteiger charge is -2.03. The quantitative estimate of drug-likeness (QED) is 0.395. The maximum Gasteiger partial charge on any atom is 0.161 e. The van der Waals surface area contributed by atoms with Crippen LogP contribution in [0.2, 0.25) is 6.04 Å². The van der Waals surface area contributed by atoms with Gasteiger partial charge in [-0.05, 0) is 12.5 Å². The highest BCUT2D eigenvalue weighted by Crippen LogP contribution is 1.85. The lowest BCUT2D eigenvalue weighted by atomic mass is 10.5. The van der Waals surface area contributed by atoms with E-state index >= 15 is 0 Å². The zero-order valence-electron chi connectivity index (χ0n) is 8.17. The largest absolute Gasteiger partial charge is 0.424 e. The molecule has 0 N–H and O–H groups in total. The Morgan fingerprint density at radius 2 is 1.92 bits per heavy atom. The highest BCUT2D eigenvalue weighted by atomic mass is 28.2. The van der Waals surface area contributed by atoms with E-state index in [4.69, 9.17) is 13.9 Å². The van der Waals surface area contributed by atoms with E-state index in [-0.39, 0.29) is 9.76 Å². The lowest BCUT2D eigenvalue weighted by Crippen LogP contribution is -2.06. The van der Waals surface area contributed by atoms with Gasteiger partial charge in [-0.3, -0.25) is 0 Å². The summed E-state index contributed by atoms with van der Waals surface area (Å²) < 4.78 is 15.5. The van der Waals surface area contributed by atoms with Crippen molar-refractivity contribution in [3.05, 3.63) is 0 Å². The summed E-state index contributed by atoms with van der Waals surface area (Å²) in [5.74, 6) is 0. The second-order valence-corrected chi connectivity index (χ2v) is 4.39. The molecule has 0 heterocycles. The molecule has 0 saturated carbocycles. The summed E-state index contributed by atoms with van der Waals surface area (Å²) in [5.41, 5.74) is 0. The maximum absolute atomic E-state index is 5.42. The van der Waals surface area contributed by atoms with Gasteiger partial charge in [0.05, 0.1) is 13.2 Å². The molecule has 0 aliphatic rings. The fraction of sp³-hybridized carbons (Fsp3) is 1.00. The average Bonchev–Trinajstić information content (AvgIpc) is 2.10. The van der Waals surface area contributed by atoms with E-state index in [1.54, 1.807) is 7.11 Å². The Balaban J connectivity index is 2.73. The molecule has 0 aromatic rings. The number of hydrogen-bond acceptors (Lipinski definition) is 3. The van der Waals surface area contributed by atoms with Crippen molar-refractivity contribution < 1.29 is 13.9 Å². The van der Waals surface area contributed by atoms with E-state index in [1.807, 2.05) is 0 Å². The van der Waals surface area contributed by atoms with Gasteiger partial charge in [0.15, 0.2) is 9.76 Å². The third-order valence-electron chi connectivity index (χ3n) is 1.36. The molecule has 0 saturated heterocycles. The van der Waals surface area contributed by atoms with Crippen LogP contribution < -0.4 is 0 Å². The van der Waals surface area contributed by atoms with Crippen molar-refractivity contribution in [2.75, 3.05) is 33.5 Å². The van der Waals surface area contributed by atoms with Crippen LogP contribution in [0.4, 0.5) is 0 Å². The summed E-state index contributed by atoms with van der Waals surface area (Å²) in [6.07, 6.45) is 1.01. The summed E-state index contributed by atoms with van der Waals surface area (Å²) in [5, 5.41) is 0. The van der Waals surface area contributed by atoms with Crippen molar-refractivity contribution >= 4 is 9.76 Å². The molecule has 74 valence electrons. The Kier molecular flexibility index (Phi) is 11.2. The molecule has 0 aliphatic carbocycles. The van der Waals surface area contributed by atoms with Gasteiger partial charge in [-0.25, -0.2) is 0 Å². The van der Waals surface area contributed by atoms with E-state index < -0.39 is 0 Å². The Morgan fingerprint density at radius 3 is 2.58 bits per heavy atom. The molecule has 0 atom stereocenters. The number of ether oxygens (including phenoxy) is 2. The second kappa shape index (κ2) is 11.1. The zero-order valence-corrected chi connectivity index (χ0v) is 9.59. The second-order valence-electron chi connectivity index (χ2n) is 2.57. The molecule has 0 radical (unpaired) electrons. The van der Waals surface area contributed by atoms with Crippen LogP contribution in [0.25, 0.3) is 0 Å². The highest BCUT2D eigenvalue weighted by Gasteiger charge is 1.89. The Hall–Kier alpha value is 0.0969. The van der Waals surface area contributed by atoms with Gasteiger partial charge in [-0.1, -0.05) is 6.92 Å². The minimum Gasteiger partial charge on any atom is -0.424 e. The molecule has 0 aromatic carbocycles. The molecular weight excluding hydrogens is 172 g/mol. The smallest absolute Gasteiger partial charge is 0.161 e. The van der Waals surface area contributed by atoms with Crippen molar-refractivity contribution in [2.24, 2.45) is 0 Å². The van der Waals surface area contributed by atoms with Crippen molar-refractivity contribution in [3.63, 3.8) is 0 Å². The molecule has 3 nitrogen and oxygen atoms in total. The van der Waals surface area contributed by atoms with Crippen LogP contribution in [0.3, 0.4) is 0 Å². The van der Waals surface area contributed by atoms with Gasteiger partial charge in [0.25, 0.3) is 0 Å². The zero-order chi connectivity index (χ0) is 9.07. The molecule has 0 fully saturated rings. The SMILES string of the molecule is CC[SiH2]OCCCOCCOC. The maximum atomic E-state index is 5.42. The monoisotopic (exact) mass is 192 g/mol. The van der Waals surface area contributed by atoms with Crippen LogP contribution in [0.5, 0.6) is 0 Å². The van der Waals surface area contributed by atoms with E-state index in [2.05, 4.69) is 6.92 Å². The van der Waals surface area contributed by atoms with Gasteiger partial charge in [0.1, 0.15) is 0 Å². The van der Waals surface area contributed by atoms with Crippen molar-refractivity contribution in [1.82, 2.24) is 0 Å². The third kappa shape index (κ3) is 10.1. The highest BCUT2D eigenvalue weighted by molar-refractivity contribution is 6.26. The Morgan fingerprint density at radius 1 is 1.08 bits per heavy atom. The van der Waals surface area contributed by atoms with Gasteiger partial charge >= 0.3 is 0 Å². The van der Waals surface area contributed by atoms with Crippen LogP contribution >= 0.6 is 0 Å². The van der Waals surface area contributed by atoms with E-state index in [0.29, 0.717) is 13.2 Å². The summed E-state index contributed by atoms with van der Waals surface area (Å²) in [6, 6.07) is 1.23. The standard InChI is InChI=1S/C8H20O3Si/c1-3-12-11-6-4-5-10-8-7-9-2/h3-8,12H2,1-2H3. The van der Waals surface area contributed by atoms with E-state index in [1.165, 1.54) is 6.04 Å². The first-order chi connectivity index (χ1) is 5.91. The lowest BCUT2D eigenvalue weighted by molar-refractivity contribution is 0.0646. The van der Waals surface area contributed by atoms with Gasteiger partial charge in [-0.15, -0.1) is 0 Å². The fourth-order valence-corrected chi connectivity index (χ4v) is 1.45. The minimum absolute atomic E-state index is 0.202. The number of methoxy groups -OCH3 is 1. The normalized spacial score (nSPS) is 11.5. The molecule has 0 unspecified atom stereocenters. The predicted molar refractivity (Wildman–Crippen MR) is 52.3 cm³/mol. The van der Waals surface area contributed by atoms with Gasteiger partial charge in [0, 0.05) is 20.3 Å². The first-order valence-corrected chi connectivity index (χ1v) is 6.14. The fourth-order valence-electron chi connectivity index (χ4n) is 0.754. The molecular formula is C8H20O3Si. The molecule has 4 heteroatoms. The summed E-state index contributed by atoms with van der Waals surface area (Å²) in [4.78, 5) is 0. The van der Waals surface area contributed by atoms with Crippen molar-refractivity contribution in [3.8, 4) is 0 Å². The third-order valence-corrected chi connectivity index (χ3v) is 2.34. The van der Waals surface area contributed by atoms with Crippen molar-refractivity contribution in [2.45, 2.75) is 19.4 Å². The summed E-state index contributed by atoms with van der Waals surface area (Å²) in [7, 11) is 1.48. The van der Waals surface area contributed by atoms with Gasteiger partial charge in [0.2, 0.25) is 0 Å². The predicted octanol–water partition coefficient (Wildman–Crippen LogP) is 0.578. The number of hydrogen-bond donors (Lipinski definition) is 0. The van der Waals surface area contributed by atoms with Crippen LogP contribution in [0, 0.1) is 0 Å². The Labute approximate surface area is 77.3 Å². The van der Waals surface area contributed by atoms with Crippen LogP contribution in [0.1, 0.15) is 13.3 Å². The van der Waals surface area contributed by atoms with E-state index in [9.17, 15) is 0 Å². The molecule has 0 spiro atoms. The summed E-state index contributed by atoms with van der Waals surface area (Å²) in [6.45, 7) is 5.21. The number of rotatable bonds is 9. The van der Waals surface area contributed by atoms with Gasteiger partial charge < -0.3 is 13.9 Å². The molecule has 0 aliphatic heterocycles. The minimum atomic E-state index is -0.202. The van der Waals surface area contributed by atoms with Crippen LogP contribution in [0.15, 0.2) is 0 Å². The topological polar surface area (TPSA) is 27.7 Å². The first-order valence-electron chi connectivity index (χ1n) is 4.56. The molecule has 0 bridgehead atoms. The van der Waals surface area contributed by atoms with E-state index in [0.717, 1.165) is 19.6 Å². The van der Waals surface area contributed by atoms with Crippen LogP contribution in [-0.4, -0.2) is 43.3 Å². The molecule has 12 heavy (non-hydrogen) atoms. The molecule has 0 rings (SSSR count).